The molecule has 26 heavy (non-hydrogen) atoms. The lowest BCUT2D eigenvalue weighted by atomic mass is 10.1. The molecule has 1 aliphatic heterocycles. The lowest BCUT2D eigenvalue weighted by Gasteiger charge is -2.09. The van der Waals surface area contributed by atoms with Crippen LogP contribution in [0.25, 0.3) is 17.4 Å². The van der Waals surface area contributed by atoms with Gasteiger partial charge in [0.1, 0.15) is 22.4 Å². The highest BCUT2D eigenvalue weighted by atomic mass is 32.2. The normalized spacial score (nSPS) is 15.7. The monoisotopic (exact) mass is 387 g/mol. The molecule has 6 nitrogen and oxygen atoms in total. The number of carboxylic acids is 1. The molecule has 1 saturated heterocycles. The number of hydrogen-bond acceptors (Lipinski definition) is 6. The molecule has 1 aromatic carbocycles. The van der Waals surface area contributed by atoms with E-state index < -0.39 is 18.4 Å². The Morgan fingerprint density at radius 3 is 2.54 bits per heavy atom. The van der Waals surface area contributed by atoms with Gasteiger partial charge in [-0.2, -0.15) is 0 Å². The van der Waals surface area contributed by atoms with Crippen LogP contribution in [0.4, 0.5) is 0 Å². The van der Waals surface area contributed by atoms with Gasteiger partial charge in [-0.1, -0.05) is 48.2 Å². The quantitative estimate of drug-likeness (QED) is 0.478. The van der Waals surface area contributed by atoms with E-state index in [9.17, 15) is 14.4 Å². The predicted molar refractivity (Wildman–Crippen MR) is 102 cm³/mol. The molecule has 8 heteroatoms. The molecular formula is C18H13NO5S2. The minimum atomic E-state index is -1.13. The van der Waals surface area contributed by atoms with Crippen LogP contribution in [0.3, 0.4) is 0 Å². The van der Waals surface area contributed by atoms with Crippen molar-refractivity contribution < 1.29 is 23.9 Å². The van der Waals surface area contributed by atoms with Crippen molar-refractivity contribution in [2.45, 2.75) is 6.92 Å². The highest BCUT2D eigenvalue weighted by molar-refractivity contribution is 8.26. The average molecular weight is 387 g/mol. The van der Waals surface area contributed by atoms with Gasteiger partial charge in [-0.25, -0.2) is 0 Å². The number of amides is 1. The van der Waals surface area contributed by atoms with Crippen LogP contribution in [0, 0.1) is 0 Å². The number of hydrogen-bond donors (Lipinski definition) is 1. The third-order valence-corrected chi connectivity index (χ3v) is 5.02. The van der Waals surface area contributed by atoms with E-state index in [0.29, 0.717) is 22.0 Å². The van der Waals surface area contributed by atoms with E-state index in [1.807, 2.05) is 0 Å². The number of carboxylic acid groups (broad SMARTS) is 1. The molecule has 0 atom stereocenters. The summed E-state index contributed by atoms with van der Waals surface area (Å²) in [5.74, 6) is -0.554. The van der Waals surface area contributed by atoms with Crippen LogP contribution in [0.15, 0.2) is 45.7 Å². The topological polar surface area (TPSA) is 87.8 Å². The average Bonchev–Trinajstić information content (AvgIpc) is 3.15. The number of thiocarbonyl (C=S) groups is 1. The van der Waals surface area contributed by atoms with E-state index in [1.54, 1.807) is 36.4 Å². The maximum Gasteiger partial charge on any atom is 0.323 e. The molecule has 0 radical (unpaired) electrons. The van der Waals surface area contributed by atoms with Gasteiger partial charge in [0, 0.05) is 17.2 Å². The Labute approximate surface area is 158 Å². The van der Waals surface area contributed by atoms with E-state index in [4.69, 9.17) is 21.7 Å². The SMILES string of the molecule is CC(=O)c1ccc(-c2ccc(C=C3SC(=S)N(CC(=O)O)C3=O)o2)cc1. The van der Waals surface area contributed by atoms with Gasteiger partial charge in [-0.3, -0.25) is 19.3 Å². The second-order valence-electron chi connectivity index (χ2n) is 5.50. The summed E-state index contributed by atoms with van der Waals surface area (Å²) in [6, 6.07) is 10.5. The summed E-state index contributed by atoms with van der Waals surface area (Å²) < 4.78 is 5.93. The number of benzene rings is 1. The first-order valence-corrected chi connectivity index (χ1v) is 8.76. The molecule has 1 aromatic heterocycles. The highest BCUT2D eigenvalue weighted by Crippen LogP contribution is 2.33. The van der Waals surface area contributed by atoms with E-state index in [1.165, 1.54) is 13.0 Å². The lowest BCUT2D eigenvalue weighted by molar-refractivity contribution is -0.140. The molecule has 132 valence electrons. The third kappa shape index (κ3) is 3.76. The van der Waals surface area contributed by atoms with Crippen molar-refractivity contribution in [3.8, 4) is 11.3 Å². The zero-order chi connectivity index (χ0) is 18.8. The summed E-state index contributed by atoms with van der Waals surface area (Å²) in [5.41, 5.74) is 1.41. The number of carbonyl (C=O) groups is 3. The Morgan fingerprint density at radius 2 is 1.92 bits per heavy atom. The van der Waals surface area contributed by atoms with Crippen LogP contribution >= 0.6 is 24.0 Å². The Bertz CT molecular complexity index is 943. The Morgan fingerprint density at radius 1 is 1.23 bits per heavy atom. The largest absolute Gasteiger partial charge is 0.480 e. The van der Waals surface area contributed by atoms with E-state index in [2.05, 4.69) is 0 Å². The first-order chi connectivity index (χ1) is 12.3. The number of ketones is 1. The number of furan rings is 1. The maximum atomic E-state index is 12.2. The summed E-state index contributed by atoms with van der Waals surface area (Å²) >= 11 is 6.09. The molecular weight excluding hydrogens is 374 g/mol. The van der Waals surface area contributed by atoms with Crippen LogP contribution in [-0.4, -0.2) is 38.5 Å². The number of aliphatic carboxylic acids is 1. The molecule has 1 fully saturated rings. The first-order valence-electron chi connectivity index (χ1n) is 7.53. The van der Waals surface area contributed by atoms with Gasteiger partial charge >= 0.3 is 5.97 Å². The van der Waals surface area contributed by atoms with Gasteiger partial charge in [0.2, 0.25) is 0 Å². The van der Waals surface area contributed by atoms with Crippen molar-refractivity contribution in [3.05, 3.63) is 52.6 Å². The summed E-state index contributed by atoms with van der Waals surface area (Å²) in [4.78, 5) is 35.7. The van der Waals surface area contributed by atoms with Gasteiger partial charge in [0.25, 0.3) is 5.91 Å². The smallest absolute Gasteiger partial charge is 0.323 e. The van der Waals surface area contributed by atoms with Crippen molar-refractivity contribution in [2.24, 2.45) is 0 Å². The molecule has 3 rings (SSSR count). The Kier molecular flexibility index (Phi) is 5.06. The van der Waals surface area contributed by atoms with Crippen molar-refractivity contribution in [1.29, 1.82) is 0 Å². The second kappa shape index (κ2) is 7.27. The summed E-state index contributed by atoms with van der Waals surface area (Å²) in [7, 11) is 0. The number of nitrogens with zero attached hydrogens (tertiary/aromatic N) is 1. The van der Waals surface area contributed by atoms with Crippen molar-refractivity contribution in [2.75, 3.05) is 6.54 Å². The minimum absolute atomic E-state index is 0.0138. The maximum absolute atomic E-state index is 12.2. The fraction of sp³-hybridized carbons (Fsp3) is 0.111. The van der Waals surface area contributed by atoms with E-state index >= 15 is 0 Å². The van der Waals surface area contributed by atoms with E-state index in [0.717, 1.165) is 22.2 Å². The van der Waals surface area contributed by atoms with Crippen LogP contribution in [0.2, 0.25) is 0 Å². The van der Waals surface area contributed by atoms with Gasteiger partial charge < -0.3 is 9.52 Å². The standard InChI is InChI=1S/C18H13NO5S2/c1-10(20)11-2-4-12(5-3-11)14-7-6-13(24-14)8-15-17(23)19(9-16(21)22)18(25)26-15/h2-8H,9H2,1H3,(H,21,22). The Hall–Kier alpha value is -2.71. The third-order valence-electron chi connectivity index (χ3n) is 3.64. The number of rotatable bonds is 5. The molecule has 0 spiro atoms. The number of Topliss-reactive ketones (excluding diaryl/α,β-unsaturated/α-hetero) is 1. The summed E-state index contributed by atoms with van der Waals surface area (Å²) in [6.07, 6.45) is 1.54. The molecule has 1 amide bonds. The molecule has 0 bridgehead atoms. The van der Waals surface area contributed by atoms with Crippen molar-refractivity contribution >= 4 is 52.0 Å². The second-order valence-corrected chi connectivity index (χ2v) is 7.17. The first kappa shape index (κ1) is 18.1. The van der Waals surface area contributed by atoms with Crippen LogP contribution in [-0.2, 0) is 9.59 Å². The zero-order valence-electron chi connectivity index (χ0n) is 13.6. The zero-order valence-corrected chi connectivity index (χ0v) is 15.2. The van der Waals surface area contributed by atoms with Crippen molar-refractivity contribution in [3.63, 3.8) is 0 Å². The lowest BCUT2D eigenvalue weighted by Crippen LogP contribution is -2.33. The van der Waals surface area contributed by atoms with Gasteiger partial charge in [-0.05, 0) is 19.1 Å². The summed E-state index contributed by atoms with van der Waals surface area (Å²) in [5, 5.41) is 8.85. The van der Waals surface area contributed by atoms with E-state index in [-0.39, 0.29) is 10.1 Å². The molecule has 0 aliphatic carbocycles. The summed E-state index contributed by atoms with van der Waals surface area (Å²) in [6.45, 7) is 1.04. The van der Waals surface area contributed by atoms with Crippen LogP contribution < -0.4 is 0 Å². The molecule has 2 heterocycles. The number of carbonyl (C=O) groups excluding carboxylic acids is 2. The fourth-order valence-electron chi connectivity index (χ4n) is 2.36. The van der Waals surface area contributed by atoms with Gasteiger partial charge in [0.05, 0.1) is 4.91 Å². The molecule has 2 aromatic rings. The van der Waals surface area contributed by atoms with Crippen LogP contribution in [0.1, 0.15) is 23.0 Å². The van der Waals surface area contributed by atoms with Crippen LogP contribution in [0.5, 0.6) is 0 Å². The predicted octanol–water partition coefficient (Wildman–Crippen LogP) is 3.44. The molecule has 0 saturated carbocycles. The number of thioether (sulfide) groups is 1. The molecule has 1 N–H and O–H groups in total. The molecule has 0 unspecified atom stereocenters. The van der Waals surface area contributed by atoms with Crippen molar-refractivity contribution in [1.82, 2.24) is 4.90 Å². The minimum Gasteiger partial charge on any atom is -0.480 e. The highest BCUT2D eigenvalue weighted by Gasteiger charge is 2.33. The van der Waals surface area contributed by atoms with Gasteiger partial charge in [0.15, 0.2) is 5.78 Å². The fourth-order valence-corrected chi connectivity index (χ4v) is 3.59. The van der Waals surface area contributed by atoms with Gasteiger partial charge in [-0.15, -0.1) is 0 Å². The molecule has 1 aliphatic rings. The Balaban J connectivity index is 1.81.